The van der Waals surface area contributed by atoms with Crippen molar-refractivity contribution in [1.29, 1.82) is 0 Å². The third-order valence-corrected chi connectivity index (χ3v) is 7.58. The molecule has 0 radical (unpaired) electrons. The molecule has 2 aromatic heterocycles. The van der Waals surface area contributed by atoms with Gasteiger partial charge in [-0.3, -0.25) is 14.9 Å². The fraction of sp³-hybridized carbons (Fsp3) is 0.667. The maximum Gasteiger partial charge on any atom is 0.142 e. The zero-order valence-corrected chi connectivity index (χ0v) is 24.3. The van der Waals surface area contributed by atoms with Crippen molar-refractivity contribution in [2.24, 2.45) is 0 Å². The molecule has 2 aromatic rings. The van der Waals surface area contributed by atoms with Gasteiger partial charge in [-0.25, -0.2) is 0 Å². The summed E-state index contributed by atoms with van der Waals surface area (Å²) in [4.78, 5) is 14.1. The van der Waals surface area contributed by atoms with E-state index in [2.05, 4.69) is 61.9 Å². The molecule has 1 atom stereocenters. The van der Waals surface area contributed by atoms with Gasteiger partial charge < -0.3 is 23.8 Å². The minimum atomic E-state index is -0.407. The highest BCUT2D eigenvalue weighted by molar-refractivity contribution is 5.32. The van der Waals surface area contributed by atoms with E-state index in [0.717, 1.165) is 73.0 Å². The average Bonchev–Trinajstić information content (AvgIpc) is 3.33. The lowest BCUT2D eigenvalue weighted by molar-refractivity contribution is -0.0649. The second kappa shape index (κ2) is 12.8. The van der Waals surface area contributed by atoms with E-state index in [0.29, 0.717) is 25.7 Å². The molecular formula is C30H46N4O4. The molecule has 0 amide bonds. The van der Waals surface area contributed by atoms with Gasteiger partial charge in [0.25, 0.3) is 0 Å². The van der Waals surface area contributed by atoms with Crippen LogP contribution in [0.25, 0.3) is 0 Å². The van der Waals surface area contributed by atoms with Crippen LogP contribution in [0.15, 0.2) is 24.3 Å². The van der Waals surface area contributed by atoms with Crippen molar-refractivity contribution in [3.05, 3.63) is 52.6 Å². The number of aromatic nitrogens is 2. The van der Waals surface area contributed by atoms with Crippen molar-refractivity contribution in [1.82, 2.24) is 19.8 Å². The second-order valence-electron chi connectivity index (χ2n) is 11.5. The van der Waals surface area contributed by atoms with Gasteiger partial charge in [-0.1, -0.05) is 19.9 Å². The lowest BCUT2D eigenvalue weighted by atomic mass is 9.90. The number of hydrogen-bond acceptors (Lipinski definition) is 8. The van der Waals surface area contributed by atoms with Crippen molar-refractivity contribution in [2.45, 2.75) is 76.9 Å². The van der Waals surface area contributed by atoms with Crippen molar-refractivity contribution < 1.29 is 18.9 Å². The Morgan fingerprint density at radius 3 is 2.47 bits per heavy atom. The molecule has 0 unspecified atom stereocenters. The average molecular weight is 527 g/mol. The highest BCUT2D eigenvalue weighted by atomic mass is 16.5. The Kier molecular flexibility index (Phi) is 9.76. The first-order chi connectivity index (χ1) is 18.2. The summed E-state index contributed by atoms with van der Waals surface area (Å²) in [5.41, 5.74) is 4.93. The van der Waals surface area contributed by atoms with Gasteiger partial charge in [-0.2, -0.15) is 0 Å². The smallest absolute Gasteiger partial charge is 0.142 e. The van der Waals surface area contributed by atoms with Gasteiger partial charge in [0.15, 0.2) is 0 Å². The second-order valence-corrected chi connectivity index (χ2v) is 11.5. The molecule has 1 saturated carbocycles. The summed E-state index contributed by atoms with van der Waals surface area (Å²) in [5, 5.41) is 0. The van der Waals surface area contributed by atoms with Crippen LogP contribution in [0.1, 0.15) is 67.4 Å². The van der Waals surface area contributed by atoms with Crippen LogP contribution in [0, 0.1) is 6.92 Å². The maximum atomic E-state index is 6.28. The van der Waals surface area contributed by atoms with E-state index >= 15 is 0 Å². The van der Waals surface area contributed by atoms with Crippen LogP contribution in [-0.2, 0) is 32.9 Å². The molecule has 8 heteroatoms. The monoisotopic (exact) mass is 526 g/mol. The highest BCUT2D eigenvalue weighted by Crippen LogP contribution is 2.36. The Hall–Kier alpha value is -2.10. The van der Waals surface area contributed by atoms with Gasteiger partial charge in [0.2, 0.25) is 0 Å². The predicted octanol–water partition coefficient (Wildman–Crippen LogP) is 4.29. The first-order valence-electron chi connectivity index (χ1n) is 13.9. The molecule has 2 fully saturated rings. The minimum Gasteiger partial charge on any atom is -0.488 e. The molecule has 3 heterocycles. The Balaban J connectivity index is 1.27. The molecule has 1 aliphatic carbocycles. The van der Waals surface area contributed by atoms with Crippen molar-refractivity contribution in [3.8, 4) is 5.75 Å². The zero-order chi connectivity index (χ0) is 27.3. The van der Waals surface area contributed by atoms with Crippen LogP contribution >= 0.6 is 0 Å². The van der Waals surface area contributed by atoms with Gasteiger partial charge in [0, 0.05) is 69.6 Å². The summed E-state index contributed by atoms with van der Waals surface area (Å²) < 4.78 is 24.2. The summed E-state index contributed by atoms with van der Waals surface area (Å²) in [5.74, 6) is 1.26. The van der Waals surface area contributed by atoms with Crippen molar-refractivity contribution >= 4 is 0 Å². The van der Waals surface area contributed by atoms with E-state index < -0.39 is 5.60 Å². The summed E-state index contributed by atoms with van der Waals surface area (Å²) in [6, 6.07) is 8.40. The maximum absolute atomic E-state index is 6.28. The normalized spacial score (nSPS) is 23.4. The fourth-order valence-corrected chi connectivity index (χ4v) is 5.16. The van der Waals surface area contributed by atoms with E-state index in [1.807, 2.05) is 19.1 Å². The van der Waals surface area contributed by atoms with E-state index in [-0.39, 0.29) is 12.2 Å². The molecule has 0 spiro atoms. The molecule has 38 heavy (non-hydrogen) atoms. The molecule has 4 rings (SSSR count). The zero-order valence-electron chi connectivity index (χ0n) is 24.3. The fourth-order valence-electron chi connectivity index (χ4n) is 5.16. The topological polar surface area (TPSA) is 69.2 Å². The van der Waals surface area contributed by atoms with Gasteiger partial charge >= 0.3 is 0 Å². The highest BCUT2D eigenvalue weighted by Gasteiger charge is 2.39. The van der Waals surface area contributed by atoms with Crippen LogP contribution in [0.2, 0.25) is 0 Å². The van der Waals surface area contributed by atoms with E-state index in [9.17, 15) is 0 Å². The Morgan fingerprint density at radius 1 is 1.03 bits per heavy atom. The molecule has 0 bridgehead atoms. The SMILES string of the molecule is CO[C@]1(c2ccc(C(C)C)nc2CN(C)CCOC2CC(Oc3ccc(C)nc3CN(C)C)C2)CCOC1. The van der Waals surface area contributed by atoms with Gasteiger partial charge in [-0.05, 0) is 52.2 Å². The standard InChI is InChI=1S/C30H46N4O4/c1-21(2)26-10-9-25(30(35-7)12-14-36-20-30)27(32-26)19-34(6)13-15-37-23-16-24(17-23)38-29-11-8-22(3)31-28(29)18-33(4)5/h8-11,21,23-24H,12-20H2,1-7H3/t23?,24?,30-/m1/s1. The third kappa shape index (κ3) is 7.10. The van der Waals surface area contributed by atoms with Gasteiger partial charge in [0.1, 0.15) is 17.5 Å². The number of hydrogen-bond donors (Lipinski definition) is 0. The first kappa shape index (κ1) is 28.9. The molecule has 0 aromatic carbocycles. The molecule has 8 nitrogen and oxygen atoms in total. The number of pyridine rings is 2. The summed E-state index contributed by atoms with van der Waals surface area (Å²) in [6.45, 7) is 10.7. The Labute approximate surface area is 228 Å². The third-order valence-electron chi connectivity index (χ3n) is 7.58. The van der Waals surface area contributed by atoms with E-state index in [4.69, 9.17) is 23.9 Å². The van der Waals surface area contributed by atoms with Crippen LogP contribution in [0.3, 0.4) is 0 Å². The van der Waals surface area contributed by atoms with Crippen molar-refractivity contribution in [2.75, 3.05) is 54.6 Å². The lowest BCUT2D eigenvalue weighted by Crippen LogP contribution is -2.41. The van der Waals surface area contributed by atoms with Crippen LogP contribution in [0.4, 0.5) is 0 Å². The van der Waals surface area contributed by atoms with Gasteiger partial charge in [-0.15, -0.1) is 0 Å². The van der Waals surface area contributed by atoms with Crippen molar-refractivity contribution in [3.63, 3.8) is 0 Å². The summed E-state index contributed by atoms with van der Waals surface area (Å²) in [6.07, 6.45) is 3.11. The summed E-state index contributed by atoms with van der Waals surface area (Å²) in [7, 11) is 8.01. The van der Waals surface area contributed by atoms with Crippen LogP contribution < -0.4 is 4.74 Å². The number of ether oxygens (including phenoxy) is 4. The Bertz CT molecular complexity index is 1050. The predicted molar refractivity (Wildman–Crippen MR) is 149 cm³/mol. The van der Waals surface area contributed by atoms with Crippen LogP contribution in [-0.4, -0.2) is 86.6 Å². The van der Waals surface area contributed by atoms with E-state index in [1.165, 1.54) is 0 Å². The van der Waals surface area contributed by atoms with Gasteiger partial charge in [0.05, 0.1) is 30.7 Å². The lowest BCUT2D eigenvalue weighted by Gasteiger charge is -2.36. The largest absolute Gasteiger partial charge is 0.488 e. The Morgan fingerprint density at radius 2 is 1.82 bits per heavy atom. The molecular weight excluding hydrogens is 480 g/mol. The minimum absolute atomic E-state index is 0.188. The van der Waals surface area contributed by atoms with E-state index in [1.54, 1.807) is 7.11 Å². The number of aryl methyl sites for hydroxylation is 1. The first-order valence-corrected chi connectivity index (χ1v) is 13.9. The molecule has 0 N–H and O–H groups in total. The number of methoxy groups -OCH3 is 1. The molecule has 210 valence electrons. The number of likely N-dealkylation sites (N-methyl/N-ethyl adjacent to an activating group) is 1. The number of nitrogens with zero attached hydrogens (tertiary/aromatic N) is 4. The number of rotatable bonds is 13. The molecule has 1 saturated heterocycles. The quantitative estimate of drug-likeness (QED) is 0.383. The molecule has 2 aliphatic rings. The summed E-state index contributed by atoms with van der Waals surface area (Å²) >= 11 is 0. The molecule has 1 aliphatic heterocycles. The van der Waals surface area contributed by atoms with Crippen LogP contribution in [0.5, 0.6) is 5.75 Å².